The van der Waals surface area contributed by atoms with Crippen LogP contribution < -0.4 is 5.32 Å². The summed E-state index contributed by atoms with van der Waals surface area (Å²) in [6.07, 6.45) is 1.08. The van der Waals surface area contributed by atoms with Gasteiger partial charge >= 0.3 is 0 Å². The average molecular weight is 244 g/mol. The molecular weight excluding hydrogens is 224 g/mol. The molecule has 0 unspecified atom stereocenters. The summed E-state index contributed by atoms with van der Waals surface area (Å²) in [6.45, 7) is 7.70. The molecule has 0 atom stereocenters. The SMILES string of the molecule is Cc1nc2c(CCN3CCNCC3)cccc2[nH]1. The van der Waals surface area contributed by atoms with Gasteiger partial charge < -0.3 is 15.2 Å². The largest absolute Gasteiger partial charge is 0.342 e. The van der Waals surface area contributed by atoms with Crippen molar-refractivity contribution in [2.45, 2.75) is 13.3 Å². The van der Waals surface area contributed by atoms with Gasteiger partial charge in [0.1, 0.15) is 5.82 Å². The van der Waals surface area contributed by atoms with Crippen LogP contribution in [0.15, 0.2) is 18.2 Å². The molecule has 1 aromatic heterocycles. The molecule has 0 amide bonds. The number of nitrogens with zero attached hydrogens (tertiary/aromatic N) is 2. The zero-order chi connectivity index (χ0) is 12.4. The summed E-state index contributed by atoms with van der Waals surface area (Å²) in [7, 11) is 0. The van der Waals surface area contributed by atoms with Gasteiger partial charge in [0.2, 0.25) is 0 Å². The lowest BCUT2D eigenvalue weighted by Gasteiger charge is -2.27. The van der Waals surface area contributed by atoms with Crippen LogP contribution in [0.4, 0.5) is 0 Å². The molecule has 3 rings (SSSR count). The van der Waals surface area contributed by atoms with Gasteiger partial charge in [0.15, 0.2) is 0 Å². The molecule has 0 aliphatic carbocycles. The zero-order valence-corrected chi connectivity index (χ0v) is 10.9. The first kappa shape index (κ1) is 11.7. The molecule has 1 saturated heterocycles. The van der Waals surface area contributed by atoms with Gasteiger partial charge in [-0.1, -0.05) is 12.1 Å². The minimum absolute atomic E-state index is 1.000. The van der Waals surface area contributed by atoms with Crippen LogP contribution in [0.3, 0.4) is 0 Å². The third-order valence-electron chi connectivity index (χ3n) is 3.62. The number of para-hydroxylation sites is 1. The lowest BCUT2D eigenvalue weighted by atomic mass is 10.1. The van der Waals surface area contributed by atoms with Gasteiger partial charge in [0.05, 0.1) is 11.0 Å². The van der Waals surface area contributed by atoms with Crippen molar-refractivity contribution >= 4 is 11.0 Å². The smallest absolute Gasteiger partial charge is 0.104 e. The van der Waals surface area contributed by atoms with E-state index < -0.39 is 0 Å². The van der Waals surface area contributed by atoms with E-state index in [4.69, 9.17) is 0 Å². The molecule has 0 spiro atoms. The number of nitrogens with one attached hydrogen (secondary N) is 2. The van der Waals surface area contributed by atoms with Crippen LogP contribution in [-0.4, -0.2) is 47.6 Å². The number of benzene rings is 1. The van der Waals surface area contributed by atoms with Crippen LogP contribution in [0.25, 0.3) is 11.0 Å². The molecule has 18 heavy (non-hydrogen) atoms. The van der Waals surface area contributed by atoms with Crippen molar-refractivity contribution in [2.75, 3.05) is 32.7 Å². The fraction of sp³-hybridized carbons (Fsp3) is 0.500. The monoisotopic (exact) mass is 244 g/mol. The minimum atomic E-state index is 1.000. The molecule has 4 nitrogen and oxygen atoms in total. The van der Waals surface area contributed by atoms with E-state index in [-0.39, 0.29) is 0 Å². The predicted molar refractivity (Wildman–Crippen MR) is 73.8 cm³/mol. The Balaban J connectivity index is 1.73. The van der Waals surface area contributed by atoms with E-state index in [1.165, 1.54) is 5.56 Å². The molecule has 0 saturated carbocycles. The minimum Gasteiger partial charge on any atom is -0.342 e. The summed E-state index contributed by atoms with van der Waals surface area (Å²) < 4.78 is 0. The molecule has 1 aromatic carbocycles. The van der Waals surface area contributed by atoms with Crippen LogP contribution in [0.2, 0.25) is 0 Å². The Morgan fingerprint density at radius 3 is 2.94 bits per heavy atom. The second-order valence-electron chi connectivity index (χ2n) is 4.98. The van der Waals surface area contributed by atoms with E-state index in [2.05, 4.69) is 38.4 Å². The second-order valence-corrected chi connectivity index (χ2v) is 4.98. The van der Waals surface area contributed by atoms with E-state index in [1.54, 1.807) is 0 Å². The summed E-state index contributed by atoms with van der Waals surface area (Å²) in [5, 5.41) is 3.39. The third kappa shape index (κ3) is 2.40. The van der Waals surface area contributed by atoms with E-state index in [0.717, 1.165) is 56.0 Å². The van der Waals surface area contributed by atoms with Crippen LogP contribution >= 0.6 is 0 Å². The van der Waals surface area contributed by atoms with Gasteiger partial charge in [0, 0.05) is 32.7 Å². The zero-order valence-electron chi connectivity index (χ0n) is 10.9. The highest BCUT2D eigenvalue weighted by Crippen LogP contribution is 2.17. The van der Waals surface area contributed by atoms with E-state index in [1.807, 2.05) is 6.92 Å². The maximum Gasteiger partial charge on any atom is 0.104 e. The topological polar surface area (TPSA) is 44.0 Å². The summed E-state index contributed by atoms with van der Waals surface area (Å²) in [6, 6.07) is 6.42. The number of aryl methyl sites for hydroxylation is 1. The third-order valence-corrected chi connectivity index (χ3v) is 3.62. The lowest BCUT2D eigenvalue weighted by Crippen LogP contribution is -2.44. The average Bonchev–Trinajstić information content (AvgIpc) is 2.78. The van der Waals surface area contributed by atoms with Crippen LogP contribution in [0, 0.1) is 6.92 Å². The standard InChI is InChI=1S/C14H20N4/c1-11-16-13-4-2-3-12(14(13)17-11)5-8-18-9-6-15-7-10-18/h2-4,15H,5-10H2,1H3,(H,16,17). The normalized spacial score (nSPS) is 17.4. The summed E-state index contributed by atoms with van der Waals surface area (Å²) >= 11 is 0. The Kier molecular flexibility index (Phi) is 3.30. The number of rotatable bonds is 3. The van der Waals surface area contributed by atoms with E-state index >= 15 is 0 Å². The fourth-order valence-corrected chi connectivity index (χ4v) is 2.63. The van der Waals surface area contributed by atoms with Gasteiger partial charge in [-0.2, -0.15) is 0 Å². The molecule has 0 radical (unpaired) electrons. The summed E-state index contributed by atoms with van der Waals surface area (Å²) in [5.74, 6) is 1.000. The Morgan fingerprint density at radius 1 is 1.28 bits per heavy atom. The molecule has 2 heterocycles. The molecular formula is C14H20N4. The Morgan fingerprint density at radius 2 is 2.11 bits per heavy atom. The quantitative estimate of drug-likeness (QED) is 0.856. The molecule has 2 aromatic rings. The Hall–Kier alpha value is -1.39. The lowest BCUT2D eigenvalue weighted by molar-refractivity contribution is 0.244. The number of fused-ring (bicyclic) bond motifs is 1. The van der Waals surface area contributed by atoms with Crippen molar-refractivity contribution in [1.82, 2.24) is 20.2 Å². The number of aromatic nitrogens is 2. The number of aromatic amines is 1. The molecule has 96 valence electrons. The van der Waals surface area contributed by atoms with Crippen molar-refractivity contribution in [1.29, 1.82) is 0 Å². The van der Waals surface area contributed by atoms with Crippen molar-refractivity contribution < 1.29 is 0 Å². The first-order valence-electron chi connectivity index (χ1n) is 6.70. The van der Waals surface area contributed by atoms with Gasteiger partial charge in [-0.25, -0.2) is 4.98 Å². The first-order chi connectivity index (χ1) is 8.83. The highest BCUT2D eigenvalue weighted by Gasteiger charge is 2.11. The maximum atomic E-state index is 4.59. The van der Waals surface area contributed by atoms with Crippen molar-refractivity contribution in [3.05, 3.63) is 29.6 Å². The van der Waals surface area contributed by atoms with Gasteiger partial charge in [-0.15, -0.1) is 0 Å². The molecule has 4 heteroatoms. The van der Waals surface area contributed by atoms with Crippen molar-refractivity contribution in [2.24, 2.45) is 0 Å². The molecule has 2 N–H and O–H groups in total. The number of H-pyrrole nitrogens is 1. The number of hydrogen-bond donors (Lipinski definition) is 2. The predicted octanol–water partition coefficient (Wildman–Crippen LogP) is 1.32. The van der Waals surface area contributed by atoms with E-state index in [0.29, 0.717) is 0 Å². The number of hydrogen-bond acceptors (Lipinski definition) is 3. The van der Waals surface area contributed by atoms with Crippen molar-refractivity contribution in [3.63, 3.8) is 0 Å². The molecule has 1 fully saturated rings. The number of imidazole rings is 1. The summed E-state index contributed by atoms with van der Waals surface area (Å²) in [5.41, 5.74) is 3.66. The van der Waals surface area contributed by atoms with Gasteiger partial charge in [-0.05, 0) is 25.0 Å². The molecule has 1 aliphatic rings. The first-order valence-corrected chi connectivity index (χ1v) is 6.70. The van der Waals surface area contributed by atoms with Crippen LogP contribution in [-0.2, 0) is 6.42 Å². The maximum absolute atomic E-state index is 4.59. The van der Waals surface area contributed by atoms with E-state index in [9.17, 15) is 0 Å². The highest BCUT2D eigenvalue weighted by atomic mass is 15.2. The molecule has 0 bridgehead atoms. The highest BCUT2D eigenvalue weighted by molar-refractivity contribution is 5.78. The van der Waals surface area contributed by atoms with Gasteiger partial charge in [0.25, 0.3) is 0 Å². The van der Waals surface area contributed by atoms with Gasteiger partial charge in [-0.3, -0.25) is 0 Å². The Bertz CT molecular complexity index is 526. The fourth-order valence-electron chi connectivity index (χ4n) is 2.63. The second kappa shape index (κ2) is 5.08. The number of piperazine rings is 1. The Labute approximate surface area is 107 Å². The van der Waals surface area contributed by atoms with Crippen LogP contribution in [0.5, 0.6) is 0 Å². The van der Waals surface area contributed by atoms with Crippen molar-refractivity contribution in [3.8, 4) is 0 Å². The van der Waals surface area contributed by atoms with Crippen LogP contribution in [0.1, 0.15) is 11.4 Å². The molecule has 1 aliphatic heterocycles. The summed E-state index contributed by atoms with van der Waals surface area (Å²) in [4.78, 5) is 10.4.